The summed E-state index contributed by atoms with van der Waals surface area (Å²) in [6.07, 6.45) is -4.43. The van der Waals surface area contributed by atoms with E-state index in [1.807, 2.05) is 0 Å². The van der Waals surface area contributed by atoms with Crippen molar-refractivity contribution >= 4 is 16.9 Å². The van der Waals surface area contributed by atoms with Crippen molar-refractivity contribution in [3.63, 3.8) is 0 Å². The minimum absolute atomic E-state index is 0.0720. The predicted octanol–water partition coefficient (Wildman–Crippen LogP) is 2.65. The maximum atomic E-state index is 12.8. The monoisotopic (exact) mass is 365 g/mol. The van der Waals surface area contributed by atoms with Gasteiger partial charge in [-0.25, -0.2) is 4.98 Å². The number of H-pyrrole nitrogens is 1. The minimum atomic E-state index is -4.43. The van der Waals surface area contributed by atoms with E-state index < -0.39 is 17.6 Å². The lowest BCUT2D eigenvalue weighted by Gasteiger charge is -2.14. The molecule has 0 unspecified atom stereocenters. The summed E-state index contributed by atoms with van der Waals surface area (Å²) in [5.41, 5.74) is -0.0140. The molecule has 0 saturated heterocycles. The van der Waals surface area contributed by atoms with Crippen LogP contribution in [-0.4, -0.2) is 45.1 Å². The van der Waals surface area contributed by atoms with Gasteiger partial charge in [-0.05, 0) is 24.3 Å². The second-order valence-corrected chi connectivity index (χ2v) is 5.54. The van der Waals surface area contributed by atoms with Gasteiger partial charge in [0.1, 0.15) is 5.82 Å². The number of hydrogen-bond donors (Lipinski definition) is 1. The quantitative estimate of drug-likeness (QED) is 0.768. The summed E-state index contributed by atoms with van der Waals surface area (Å²) in [6.45, 7) is 0.0720. The average molecular weight is 365 g/mol. The second kappa shape index (κ2) is 6.62. The van der Waals surface area contributed by atoms with E-state index in [0.717, 1.165) is 12.1 Å². The molecule has 0 bridgehead atoms. The van der Waals surface area contributed by atoms with Crippen LogP contribution < -0.4 is 4.74 Å². The molecule has 3 rings (SSSR count). The molecule has 0 spiro atoms. The highest BCUT2D eigenvalue weighted by Gasteiger charge is 2.30. The average Bonchev–Trinajstić information content (AvgIpc) is 3.01. The van der Waals surface area contributed by atoms with Crippen molar-refractivity contribution in [3.8, 4) is 5.88 Å². The minimum Gasteiger partial charge on any atom is -0.480 e. The third-order valence-corrected chi connectivity index (χ3v) is 3.66. The lowest BCUT2D eigenvalue weighted by atomic mass is 10.2. The van der Waals surface area contributed by atoms with Crippen molar-refractivity contribution in [2.24, 2.45) is 0 Å². The van der Waals surface area contributed by atoms with E-state index >= 15 is 0 Å². The van der Waals surface area contributed by atoms with Gasteiger partial charge in [-0.15, -0.1) is 10.2 Å². The van der Waals surface area contributed by atoms with Crippen LogP contribution in [-0.2, 0) is 12.7 Å². The Hall–Kier alpha value is -3.17. The summed E-state index contributed by atoms with van der Waals surface area (Å²) in [4.78, 5) is 20.7. The number of alkyl halides is 3. The molecule has 0 aliphatic heterocycles. The van der Waals surface area contributed by atoms with Gasteiger partial charge in [-0.1, -0.05) is 0 Å². The highest BCUT2D eigenvalue weighted by molar-refractivity contribution is 5.91. The van der Waals surface area contributed by atoms with Gasteiger partial charge >= 0.3 is 6.18 Å². The first-order valence-corrected chi connectivity index (χ1v) is 7.47. The summed E-state index contributed by atoms with van der Waals surface area (Å²) >= 11 is 0. The number of carbonyl (C=O) groups excluding carboxylic acids is 1. The van der Waals surface area contributed by atoms with Crippen molar-refractivity contribution in [1.82, 2.24) is 25.1 Å². The molecule has 26 heavy (non-hydrogen) atoms. The van der Waals surface area contributed by atoms with Crippen LogP contribution >= 0.6 is 0 Å². The van der Waals surface area contributed by atoms with Crippen LogP contribution in [0.2, 0.25) is 0 Å². The molecule has 2 heterocycles. The number of ether oxygens (including phenoxy) is 1. The lowest BCUT2D eigenvalue weighted by Crippen LogP contribution is -2.27. The van der Waals surface area contributed by atoms with Crippen molar-refractivity contribution in [1.29, 1.82) is 0 Å². The van der Waals surface area contributed by atoms with Gasteiger partial charge in [-0.3, -0.25) is 4.79 Å². The van der Waals surface area contributed by atoms with E-state index in [0.29, 0.717) is 11.3 Å². The number of fused-ring (bicyclic) bond motifs is 1. The Balaban J connectivity index is 1.77. The van der Waals surface area contributed by atoms with Gasteiger partial charge in [0.25, 0.3) is 5.91 Å². The number of rotatable bonds is 4. The first-order chi connectivity index (χ1) is 12.3. The van der Waals surface area contributed by atoms with Gasteiger partial charge in [0.05, 0.1) is 30.3 Å². The molecule has 2 aromatic heterocycles. The van der Waals surface area contributed by atoms with Crippen LogP contribution in [0.1, 0.15) is 21.9 Å². The Bertz CT molecular complexity index is 937. The highest BCUT2D eigenvalue weighted by atomic mass is 19.4. The summed E-state index contributed by atoms with van der Waals surface area (Å²) < 4.78 is 43.2. The highest BCUT2D eigenvalue weighted by Crippen LogP contribution is 2.30. The third-order valence-electron chi connectivity index (χ3n) is 3.66. The largest absolute Gasteiger partial charge is 0.480 e. The zero-order chi connectivity index (χ0) is 18.9. The van der Waals surface area contributed by atoms with Crippen LogP contribution in [0.4, 0.5) is 13.2 Å². The molecule has 0 atom stereocenters. The first kappa shape index (κ1) is 17.6. The van der Waals surface area contributed by atoms with E-state index in [4.69, 9.17) is 4.74 Å². The van der Waals surface area contributed by atoms with Crippen molar-refractivity contribution in [3.05, 3.63) is 47.4 Å². The SMILES string of the molecule is COc1ccc(C(=O)N(C)Cc2nc3ccc(C(F)(F)F)cc3[nH]2)nn1. The number of halogens is 3. The van der Waals surface area contributed by atoms with Crippen LogP contribution in [0.5, 0.6) is 5.88 Å². The number of imidazole rings is 1. The van der Waals surface area contributed by atoms with Crippen molar-refractivity contribution < 1.29 is 22.7 Å². The maximum Gasteiger partial charge on any atom is 0.416 e. The molecule has 10 heteroatoms. The molecule has 1 N–H and O–H groups in total. The Morgan fingerprint density at radius 1 is 1.23 bits per heavy atom. The molecule has 0 radical (unpaired) electrons. The summed E-state index contributed by atoms with van der Waals surface area (Å²) in [5, 5.41) is 7.50. The number of aromatic amines is 1. The molecule has 136 valence electrons. The molecule has 0 aliphatic rings. The van der Waals surface area contributed by atoms with Crippen molar-refractivity contribution in [2.45, 2.75) is 12.7 Å². The zero-order valence-corrected chi connectivity index (χ0v) is 13.8. The summed E-state index contributed by atoms with van der Waals surface area (Å²) in [7, 11) is 2.96. The fourth-order valence-corrected chi connectivity index (χ4v) is 2.35. The number of aromatic nitrogens is 4. The molecule has 7 nitrogen and oxygen atoms in total. The number of methoxy groups -OCH3 is 1. The van der Waals surface area contributed by atoms with E-state index in [1.54, 1.807) is 0 Å². The second-order valence-electron chi connectivity index (χ2n) is 5.54. The van der Waals surface area contributed by atoms with Gasteiger partial charge < -0.3 is 14.6 Å². The van der Waals surface area contributed by atoms with Gasteiger partial charge in [0.15, 0.2) is 5.69 Å². The maximum absolute atomic E-state index is 12.8. The van der Waals surface area contributed by atoms with Crippen molar-refractivity contribution in [2.75, 3.05) is 14.2 Å². The molecular formula is C16H14F3N5O2. The Morgan fingerprint density at radius 2 is 2.00 bits per heavy atom. The Labute approximate surface area is 145 Å². The Kier molecular flexibility index (Phi) is 4.49. The van der Waals surface area contributed by atoms with Crippen LogP contribution in [0.3, 0.4) is 0 Å². The fraction of sp³-hybridized carbons (Fsp3) is 0.250. The number of benzene rings is 1. The van der Waals surface area contributed by atoms with Crippen LogP contribution in [0.25, 0.3) is 11.0 Å². The number of carbonyl (C=O) groups is 1. The Morgan fingerprint density at radius 3 is 2.62 bits per heavy atom. The molecular weight excluding hydrogens is 351 g/mol. The fourth-order valence-electron chi connectivity index (χ4n) is 2.35. The number of hydrogen-bond acceptors (Lipinski definition) is 5. The van der Waals surface area contributed by atoms with E-state index in [2.05, 4.69) is 20.2 Å². The van der Waals surface area contributed by atoms with Gasteiger partial charge in [0.2, 0.25) is 5.88 Å². The molecule has 0 fully saturated rings. The molecule has 1 amide bonds. The summed E-state index contributed by atoms with van der Waals surface area (Å²) in [5.74, 6) is 0.232. The van der Waals surface area contributed by atoms with Crippen LogP contribution in [0, 0.1) is 0 Å². The number of nitrogens with zero attached hydrogens (tertiary/aromatic N) is 4. The first-order valence-electron chi connectivity index (χ1n) is 7.47. The third kappa shape index (κ3) is 3.58. The van der Waals surface area contributed by atoms with E-state index in [1.165, 1.54) is 37.3 Å². The molecule has 1 aromatic carbocycles. The van der Waals surface area contributed by atoms with Gasteiger partial charge in [0, 0.05) is 13.1 Å². The van der Waals surface area contributed by atoms with E-state index in [9.17, 15) is 18.0 Å². The molecule has 3 aromatic rings. The number of nitrogens with one attached hydrogen (secondary N) is 1. The standard InChI is InChI=1S/C16H14F3N5O2/c1-24(15(25)11-5-6-14(26-2)23-22-11)8-13-20-10-4-3-9(16(17,18)19)7-12(10)21-13/h3-7H,8H2,1-2H3,(H,20,21). The summed E-state index contributed by atoms with van der Waals surface area (Å²) in [6, 6.07) is 6.22. The molecule has 0 aliphatic carbocycles. The lowest BCUT2D eigenvalue weighted by molar-refractivity contribution is -0.137. The van der Waals surface area contributed by atoms with E-state index in [-0.39, 0.29) is 23.6 Å². The predicted molar refractivity (Wildman–Crippen MR) is 85.5 cm³/mol. The molecule has 0 saturated carbocycles. The van der Waals surface area contributed by atoms with Gasteiger partial charge in [-0.2, -0.15) is 13.2 Å². The van der Waals surface area contributed by atoms with Crippen LogP contribution in [0.15, 0.2) is 30.3 Å². The zero-order valence-electron chi connectivity index (χ0n) is 13.8. The number of amides is 1. The smallest absolute Gasteiger partial charge is 0.416 e. The topological polar surface area (TPSA) is 84.0 Å². The normalized spacial score (nSPS) is 11.6.